The molecule has 3 N–H and O–H groups in total. The van der Waals surface area contributed by atoms with E-state index >= 15 is 0 Å². The van der Waals surface area contributed by atoms with Crippen LogP contribution in [0, 0.1) is 5.92 Å². The lowest BCUT2D eigenvalue weighted by atomic mass is 9.94. The summed E-state index contributed by atoms with van der Waals surface area (Å²) in [5.41, 5.74) is 3.59. The van der Waals surface area contributed by atoms with Gasteiger partial charge in [-0.1, -0.05) is 45.0 Å². The molecule has 0 bridgehead atoms. The van der Waals surface area contributed by atoms with Gasteiger partial charge in [0.1, 0.15) is 23.9 Å². The van der Waals surface area contributed by atoms with Crippen LogP contribution in [-0.2, 0) is 13.0 Å². The SMILES string of the molecule is CCc1ccc([C@@H]([NH2+]Cc2cc(=O)oc3cc(O)ccc23)C(C)C)cc1. The van der Waals surface area contributed by atoms with Gasteiger partial charge in [-0.2, -0.15) is 0 Å². The number of benzene rings is 2. The van der Waals surface area contributed by atoms with Crippen LogP contribution in [0.4, 0.5) is 0 Å². The highest BCUT2D eigenvalue weighted by Gasteiger charge is 2.20. The Morgan fingerprint density at radius 3 is 2.46 bits per heavy atom. The van der Waals surface area contributed by atoms with Gasteiger partial charge in [-0.25, -0.2) is 4.79 Å². The predicted molar refractivity (Wildman–Crippen MR) is 103 cm³/mol. The molecule has 3 rings (SSSR count). The van der Waals surface area contributed by atoms with Gasteiger partial charge < -0.3 is 14.8 Å². The summed E-state index contributed by atoms with van der Waals surface area (Å²) in [6, 6.07) is 15.6. The lowest BCUT2D eigenvalue weighted by Gasteiger charge is -2.20. The quantitative estimate of drug-likeness (QED) is 0.667. The summed E-state index contributed by atoms with van der Waals surface area (Å²) in [5, 5.41) is 12.8. The van der Waals surface area contributed by atoms with Crippen LogP contribution in [0.2, 0.25) is 0 Å². The number of phenols is 1. The lowest BCUT2D eigenvalue weighted by Crippen LogP contribution is -2.84. The summed E-state index contributed by atoms with van der Waals surface area (Å²) in [6.07, 6.45) is 1.04. The average molecular weight is 352 g/mol. The van der Waals surface area contributed by atoms with Crippen LogP contribution in [0.25, 0.3) is 11.0 Å². The molecule has 1 heterocycles. The summed E-state index contributed by atoms with van der Waals surface area (Å²) in [4.78, 5) is 11.9. The molecule has 0 saturated carbocycles. The highest BCUT2D eigenvalue weighted by atomic mass is 16.4. The van der Waals surface area contributed by atoms with Gasteiger partial charge in [0.2, 0.25) is 0 Å². The lowest BCUT2D eigenvalue weighted by molar-refractivity contribution is -0.717. The molecule has 0 radical (unpaired) electrons. The topological polar surface area (TPSA) is 67.0 Å². The Hall–Kier alpha value is -2.59. The monoisotopic (exact) mass is 352 g/mol. The van der Waals surface area contributed by atoms with Gasteiger partial charge >= 0.3 is 5.63 Å². The van der Waals surface area contributed by atoms with E-state index in [-0.39, 0.29) is 11.4 Å². The van der Waals surface area contributed by atoms with E-state index in [9.17, 15) is 9.90 Å². The first-order chi connectivity index (χ1) is 12.5. The second-order valence-electron chi connectivity index (χ2n) is 7.08. The van der Waals surface area contributed by atoms with Crippen LogP contribution < -0.4 is 10.9 Å². The Labute approximate surface area is 153 Å². The molecule has 0 aliphatic rings. The summed E-state index contributed by atoms with van der Waals surface area (Å²) < 4.78 is 5.22. The molecule has 1 atom stereocenters. The fourth-order valence-corrected chi connectivity index (χ4v) is 3.41. The van der Waals surface area contributed by atoms with Crippen molar-refractivity contribution in [2.75, 3.05) is 0 Å². The van der Waals surface area contributed by atoms with Gasteiger partial charge in [0.05, 0.1) is 0 Å². The van der Waals surface area contributed by atoms with E-state index in [1.54, 1.807) is 18.2 Å². The predicted octanol–water partition coefficient (Wildman–Crippen LogP) is 3.52. The molecule has 0 aliphatic heterocycles. The smallest absolute Gasteiger partial charge is 0.336 e. The first-order valence-electron chi connectivity index (χ1n) is 9.16. The van der Waals surface area contributed by atoms with Crippen molar-refractivity contribution in [3.8, 4) is 5.75 Å². The first-order valence-corrected chi connectivity index (χ1v) is 9.16. The zero-order chi connectivity index (χ0) is 18.7. The molecule has 0 amide bonds. The molecule has 0 aliphatic carbocycles. The van der Waals surface area contributed by atoms with Crippen molar-refractivity contribution in [3.05, 3.63) is 75.6 Å². The van der Waals surface area contributed by atoms with Crippen molar-refractivity contribution in [1.82, 2.24) is 0 Å². The zero-order valence-corrected chi connectivity index (χ0v) is 15.5. The van der Waals surface area contributed by atoms with Crippen LogP contribution in [0.15, 0.2) is 57.7 Å². The third-order valence-electron chi connectivity index (χ3n) is 4.90. The van der Waals surface area contributed by atoms with E-state index in [0.29, 0.717) is 24.1 Å². The number of phenolic OH excluding ortho intramolecular Hbond substituents is 1. The number of fused-ring (bicyclic) bond motifs is 1. The standard InChI is InChI=1S/C22H25NO3/c1-4-15-5-7-16(8-6-15)22(14(2)3)23-13-17-11-21(25)26-20-12-18(24)9-10-19(17)20/h5-12,14,22-24H,4,13H2,1-3H3/p+1/t22-/m0/s1. The molecule has 136 valence electrons. The maximum absolute atomic E-state index is 11.9. The normalized spacial score (nSPS) is 12.6. The van der Waals surface area contributed by atoms with Gasteiger partial charge in [0.25, 0.3) is 0 Å². The molecule has 1 aromatic heterocycles. The third-order valence-corrected chi connectivity index (χ3v) is 4.90. The van der Waals surface area contributed by atoms with Crippen LogP contribution >= 0.6 is 0 Å². The van der Waals surface area contributed by atoms with Crippen LogP contribution in [0.5, 0.6) is 5.75 Å². The molecule has 26 heavy (non-hydrogen) atoms. The minimum Gasteiger partial charge on any atom is -0.508 e. The molecule has 0 unspecified atom stereocenters. The fourth-order valence-electron chi connectivity index (χ4n) is 3.41. The Morgan fingerprint density at radius 2 is 1.81 bits per heavy atom. The summed E-state index contributed by atoms with van der Waals surface area (Å²) in [7, 11) is 0. The molecule has 4 nitrogen and oxygen atoms in total. The van der Waals surface area contributed by atoms with Gasteiger partial charge in [0.15, 0.2) is 0 Å². The van der Waals surface area contributed by atoms with Crippen molar-refractivity contribution in [2.24, 2.45) is 5.92 Å². The number of hydrogen-bond acceptors (Lipinski definition) is 3. The zero-order valence-electron chi connectivity index (χ0n) is 15.5. The number of aryl methyl sites for hydroxylation is 1. The molecule has 0 saturated heterocycles. The van der Waals surface area contributed by atoms with E-state index in [0.717, 1.165) is 17.4 Å². The minimum absolute atomic E-state index is 0.0952. The second-order valence-corrected chi connectivity index (χ2v) is 7.08. The summed E-state index contributed by atoms with van der Waals surface area (Å²) >= 11 is 0. The molecule has 2 aromatic carbocycles. The largest absolute Gasteiger partial charge is 0.508 e. The molecule has 0 spiro atoms. The van der Waals surface area contributed by atoms with Crippen molar-refractivity contribution in [3.63, 3.8) is 0 Å². The summed E-state index contributed by atoms with van der Waals surface area (Å²) in [6.45, 7) is 7.25. The minimum atomic E-state index is -0.389. The second kappa shape index (κ2) is 7.75. The van der Waals surface area contributed by atoms with E-state index < -0.39 is 0 Å². The molecule has 0 fully saturated rings. The highest BCUT2D eigenvalue weighted by Crippen LogP contribution is 2.22. The van der Waals surface area contributed by atoms with Crippen LogP contribution in [0.1, 0.15) is 43.5 Å². The number of aromatic hydroxyl groups is 1. The highest BCUT2D eigenvalue weighted by molar-refractivity contribution is 5.81. The van der Waals surface area contributed by atoms with Crippen LogP contribution in [0.3, 0.4) is 0 Å². The van der Waals surface area contributed by atoms with Crippen molar-refractivity contribution >= 4 is 11.0 Å². The average Bonchev–Trinajstić information content (AvgIpc) is 2.61. The maximum Gasteiger partial charge on any atom is 0.336 e. The number of nitrogens with two attached hydrogens (primary N) is 1. The number of rotatable bonds is 6. The molecular formula is C22H26NO3+. The van der Waals surface area contributed by atoms with Crippen LogP contribution in [-0.4, -0.2) is 5.11 Å². The molecular weight excluding hydrogens is 326 g/mol. The fraction of sp³-hybridized carbons (Fsp3) is 0.318. The van der Waals surface area contributed by atoms with Gasteiger partial charge in [-0.05, 0) is 24.1 Å². The Kier molecular flexibility index (Phi) is 5.43. The Balaban J connectivity index is 1.87. The summed E-state index contributed by atoms with van der Waals surface area (Å²) in [5.74, 6) is 0.552. The van der Waals surface area contributed by atoms with Crippen molar-refractivity contribution < 1.29 is 14.8 Å². The van der Waals surface area contributed by atoms with E-state index in [2.05, 4.69) is 50.4 Å². The third kappa shape index (κ3) is 3.97. The number of quaternary nitrogens is 1. The van der Waals surface area contributed by atoms with Crippen molar-refractivity contribution in [1.29, 1.82) is 0 Å². The van der Waals surface area contributed by atoms with E-state index in [1.807, 2.05) is 0 Å². The maximum atomic E-state index is 11.9. The molecule has 3 aromatic rings. The van der Waals surface area contributed by atoms with E-state index in [4.69, 9.17) is 4.42 Å². The van der Waals surface area contributed by atoms with Gasteiger partial charge in [0, 0.05) is 34.6 Å². The van der Waals surface area contributed by atoms with E-state index in [1.165, 1.54) is 17.2 Å². The molecule has 4 heteroatoms. The van der Waals surface area contributed by atoms with Gasteiger partial charge in [-0.3, -0.25) is 0 Å². The number of hydrogen-bond donors (Lipinski definition) is 2. The first kappa shape index (κ1) is 18.2. The van der Waals surface area contributed by atoms with Gasteiger partial charge in [-0.15, -0.1) is 0 Å². The Morgan fingerprint density at radius 1 is 1.08 bits per heavy atom. The van der Waals surface area contributed by atoms with Crippen molar-refractivity contribution in [2.45, 2.75) is 39.8 Å². The Bertz CT molecular complexity index is 942.